The van der Waals surface area contributed by atoms with Crippen LogP contribution in [0.5, 0.6) is 0 Å². The SMILES string of the molecule is C=CC(=Cc1ccccc1)S(=O)(=O)c1ccccc1. The molecule has 0 aliphatic carbocycles. The Morgan fingerprint density at radius 3 is 1.95 bits per heavy atom. The van der Waals surface area contributed by atoms with E-state index in [2.05, 4.69) is 6.58 Å². The van der Waals surface area contributed by atoms with E-state index < -0.39 is 9.84 Å². The molecule has 0 radical (unpaired) electrons. The first-order valence-electron chi connectivity index (χ1n) is 5.84. The van der Waals surface area contributed by atoms with Crippen LogP contribution in [-0.2, 0) is 9.84 Å². The van der Waals surface area contributed by atoms with Gasteiger partial charge in [0.2, 0.25) is 9.84 Å². The van der Waals surface area contributed by atoms with Crippen LogP contribution >= 0.6 is 0 Å². The first-order chi connectivity index (χ1) is 9.14. The topological polar surface area (TPSA) is 34.1 Å². The van der Waals surface area contributed by atoms with Gasteiger partial charge in [-0.2, -0.15) is 0 Å². The van der Waals surface area contributed by atoms with Crippen molar-refractivity contribution in [3.05, 3.63) is 83.8 Å². The summed E-state index contributed by atoms with van der Waals surface area (Å²) in [6, 6.07) is 17.7. The van der Waals surface area contributed by atoms with Crippen molar-refractivity contribution in [2.75, 3.05) is 0 Å². The molecule has 0 fully saturated rings. The van der Waals surface area contributed by atoms with E-state index >= 15 is 0 Å². The monoisotopic (exact) mass is 270 g/mol. The summed E-state index contributed by atoms with van der Waals surface area (Å²) in [5.74, 6) is 0. The molecule has 0 amide bonds. The summed E-state index contributed by atoms with van der Waals surface area (Å²) in [5.41, 5.74) is 0.830. The van der Waals surface area contributed by atoms with Gasteiger partial charge in [-0.05, 0) is 23.8 Å². The lowest BCUT2D eigenvalue weighted by atomic mass is 10.2. The number of benzene rings is 2. The highest BCUT2D eigenvalue weighted by Gasteiger charge is 2.17. The zero-order valence-corrected chi connectivity index (χ0v) is 11.2. The first-order valence-corrected chi connectivity index (χ1v) is 7.32. The van der Waals surface area contributed by atoms with Gasteiger partial charge >= 0.3 is 0 Å². The van der Waals surface area contributed by atoms with E-state index in [4.69, 9.17) is 0 Å². The van der Waals surface area contributed by atoms with Gasteiger partial charge < -0.3 is 0 Å². The predicted molar refractivity (Wildman–Crippen MR) is 78.2 cm³/mol. The molecule has 96 valence electrons. The van der Waals surface area contributed by atoms with Crippen molar-refractivity contribution in [2.45, 2.75) is 4.90 Å². The van der Waals surface area contributed by atoms with Crippen molar-refractivity contribution in [2.24, 2.45) is 0 Å². The summed E-state index contributed by atoms with van der Waals surface area (Å²) >= 11 is 0. The number of sulfone groups is 1. The number of hydrogen-bond donors (Lipinski definition) is 0. The van der Waals surface area contributed by atoms with Crippen LogP contribution in [0.4, 0.5) is 0 Å². The molecule has 19 heavy (non-hydrogen) atoms. The van der Waals surface area contributed by atoms with Crippen LogP contribution in [0, 0.1) is 0 Å². The van der Waals surface area contributed by atoms with Gasteiger partial charge in [0.1, 0.15) is 0 Å². The van der Waals surface area contributed by atoms with E-state index in [9.17, 15) is 8.42 Å². The Morgan fingerprint density at radius 1 is 0.895 bits per heavy atom. The molecular weight excluding hydrogens is 256 g/mol. The van der Waals surface area contributed by atoms with Gasteiger partial charge in [0.25, 0.3) is 0 Å². The molecular formula is C16H14O2S. The standard InChI is InChI=1S/C16H14O2S/c1-2-15(13-14-9-5-3-6-10-14)19(17,18)16-11-7-4-8-12-16/h2-13H,1H2. The number of allylic oxidation sites excluding steroid dienone is 1. The molecule has 0 saturated carbocycles. The van der Waals surface area contributed by atoms with Gasteiger partial charge in [-0.3, -0.25) is 0 Å². The van der Waals surface area contributed by atoms with Gasteiger partial charge in [0, 0.05) is 0 Å². The van der Waals surface area contributed by atoms with Crippen LogP contribution in [0.1, 0.15) is 5.56 Å². The zero-order chi connectivity index (χ0) is 13.7. The molecule has 2 aromatic carbocycles. The Bertz CT molecular complexity index is 684. The highest BCUT2D eigenvalue weighted by molar-refractivity contribution is 7.95. The third kappa shape index (κ3) is 3.01. The molecule has 0 saturated heterocycles. The average molecular weight is 270 g/mol. The number of hydrogen-bond acceptors (Lipinski definition) is 2. The van der Waals surface area contributed by atoms with Gasteiger partial charge in [-0.15, -0.1) is 0 Å². The molecule has 0 spiro atoms. The van der Waals surface area contributed by atoms with E-state index in [1.807, 2.05) is 30.3 Å². The molecule has 0 aliphatic rings. The fraction of sp³-hybridized carbons (Fsp3) is 0. The quantitative estimate of drug-likeness (QED) is 0.794. The first kappa shape index (κ1) is 13.3. The lowest BCUT2D eigenvalue weighted by Crippen LogP contribution is -2.02. The summed E-state index contributed by atoms with van der Waals surface area (Å²) in [4.78, 5) is 0.474. The van der Waals surface area contributed by atoms with Gasteiger partial charge in [0.05, 0.1) is 9.80 Å². The zero-order valence-electron chi connectivity index (χ0n) is 10.4. The summed E-state index contributed by atoms with van der Waals surface area (Å²) in [5, 5.41) is 0. The van der Waals surface area contributed by atoms with Crippen molar-refractivity contribution >= 4 is 15.9 Å². The predicted octanol–water partition coefficient (Wildman–Crippen LogP) is 3.69. The van der Waals surface area contributed by atoms with Crippen LogP contribution < -0.4 is 0 Å². The third-order valence-corrected chi connectivity index (χ3v) is 4.47. The molecule has 0 bridgehead atoms. The van der Waals surface area contributed by atoms with Crippen molar-refractivity contribution in [3.63, 3.8) is 0 Å². The molecule has 2 nitrogen and oxygen atoms in total. The van der Waals surface area contributed by atoms with E-state index in [0.29, 0.717) is 0 Å². The van der Waals surface area contributed by atoms with Crippen LogP contribution in [-0.4, -0.2) is 8.42 Å². The van der Waals surface area contributed by atoms with E-state index in [1.54, 1.807) is 36.4 Å². The maximum atomic E-state index is 12.4. The normalized spacial score (nSPS) is 12.1. The Balaban J connectivity index is 2.49. The Morgan fingerprint density at radius 2 is 1.42 bits per heavy atom. The highest BCUT2D eigenvalue weighted by Crippen LogP contribution is 2.21. The van der Waals surface area contributed by atoms with Gasteiger partial charge in [-0.25, -0.2) is 8.42 Å². The summed E-state index contributed by atoms with van der Waals surface area (Å²) < 4.78 is 24.9. The summed E-state index contributed by atoms with van der Waals surface area (Å²) in [6.07, 6.45) is 2.99. The Hall–Kier alpha value is -2.13. The molecule has 0 aromatic heterocycles. The van der Waals surface area contributed by atoms with Crippen LogP contribution in [0.3, 0.4) is 0 Å². The molecule has 2 aromatic rings. The van der Waals surface area contributed by atoms with E-state index in [1.165, 1.54) is 6.08 Å². The Kier molecular flexibility index (Phi) is 3.97. The lowest BCUT2D eigenvalue weighted by Gasteiger charge is -2.05. The summed E-state index contributed by atoms with van der Waals surface area (Å²) in [6.45, 7) is 3.60. The second-order valence-corrected chi connectivity index (χ2v) is 5.93. The molecule has 2 rings (SSSR count). The lowest BCUT2D eigenvalue weighted by molar-refractivity contribution is 0.603. The Labute approximate surface area is 113 Å². The van der Waals surface area contributed by atoms with Crippen LogP contribution in [0.15, 0.2) is 83.1 Å². The largest absolute Gasteiger partial charge is 0.219 e. The average Bonchev–Trinajstić information content (AvgIpc) is 2.46. The second-order valence-electron chi connectivity index (χ2n) is 3.98. The minimum atomic E-state index is -3.51. The molecule has 0 atom stereocenters. The molecule has 0 heterocycles. The molecule has 0 unspecified atom stereocenters. The minimum Gasteiger partial charge on any atom is -0.219 e. The van der Waals surface area contributed by atoms with Crippen molar-refractivity contribution in [1.82, 2.24) is 0 Å². The molecule has 0 aliphatic heterocycles. The van der Waals surface area contributed by atoms with Crippen molar-refractivity contribution in [1.29, 1.82) is 0 Å². The van der Waals surface area contributed by atoms with Gasteiger partial charge in [-0.1, -0.05) is 61.2 Å². The highest BCUT2D eigenvalue weighted by atomic mass is 32.2. The molecule has 0 N–H and O–H groups in total. The molecule has 3 heteroatoms. The van der Waals surface area contributed by atoms with Crippen molar-refractivity contribution in [3.8, 4) is 0 Å². The van der Waals surface area contributed by atoms with Crippen LogP contribution in [0.25, 0.3) is 6.08 Å². The maximum Gasteiger partial charge on any atom is 0.206 e. The summed E-state index contributed by atoms with van der Waals surface area (Å²) in [7, 11) is -3.51. The van der Waals surface area contributed by atoms with Crippen LogP contribution in [0.2, 0.25) is 0 Å². The minimum absolute atomic E-state index is 0.199. The van der Waals surface area contributed by atoms with Gasteiger partial charge in [0.15, 0.2) is 0 Å². The fourth-order valence-corrected chi connectivity index (χ4v) is 2.99. The maximum absolute atomic E-state index is 12.4. The second kappa shape index (κ2) is 5.67. The number of rotatable bonds is 4. The fourth-order valence-electron chi connectivity index (χ4n) is 1.70. The van der Waals surface area contributed by atoms with Crippen molar-refractivity contribution < 1.29 is 8.42 Å². The van der Waals surface area contributed by atoms with E-state index in [-0.39, 0.29) is 9.80 Å². The van der Waals surface area contributed by atoms with E-state index in [0.717, 1.165) is 5.56 Å². The third-order valence-electron chi connectivity index (χ3n) is 2.67. The smallest absolute Gasteiger partial charge is 0.206 e.